The first kappa shape index (κ1) is 24.1. The molecule has 0 spiro atoms. The Morgan fingerprint density at radius 2 is 1.75 bits per heavy atom. The summed E-state index contributed by atoms with van der Waals surface area (Å²) >= 11 is 0. The van der Waals surface area contributed by atoms with Crippen LogP contribution in [-0.4, -0.2) is 49.7 Å². The Morgan fingerprint density at radius 1 is 1.00 bits per heavy atom. The SMILES string of the molecule is CC(C)OC(=O)c1ccc2c(c1)/C(=C/CN1CCN(c3ccc(F)cc3)CC1)c1ccccc1CO2. The van der Waals surface area contributed by atoms with Crippen LogP contribution in [0.4, 0.5) is 10.1 Å². The van der Waals surface area contributed by atoms with Crippen molar-refractivity contribution in [2.75, 3.05) is 37.6 Å². The molecule has 3 aromatic rings. The number of anilines is 1. The number of esters is 1. The van der Waals surface area contributed by atoms with Gasteiger partial charge in [-0.3, -0.25) is 4.90 Å². The molecule has 5 nitrogen and oxygen atoms in total. The van der Waals surface area contributed by atoms with E-state index in [4.69, 9.17) is 9.47 Å². The molecular weight excluding hydrogens is 455 g/mol. The first-order valence-electron chi connectivity index (χ1n) is 12.5. The maximum Gasteiger partial charge on any atom is 0.338 e. The number of carbonyl (C=O) groups is 1. The topological polar surface area (TPSA) is 42.0 Å². The highest BCUT2D eigenvalue weighted by molar-refractivity contribution is 5.93. The molecule has 1 saturated heterocycles. The van der Waals surface area contributed by atoms with Gasteiger partial charge < -0.3 is 14.4 Å². The number of rotatable bonds is 5. The Morgan fingerprint density at radius 3 is 2.50 bits per heavy atom. The average molecular weight is 487 g/mol. The van der Waals surface area contributed by atoms with Gasteiger partial charge in [-0.15, -0.1) is 0 Å². The first-order valence-corrected chi connectivity index (χ1v) is 12.5. The third-order valence-electron chi connectivity index (χ3n) is 6.66. The van der Waals surface area contributed by atoms with Crippen LogP contribution in [0.5, 0.6) is 5.75 Å². The van der Waals surface area contributed by atoms with Gasteiger partial charge in [-0.2, -0.15) is 0 Å². The van der Waals surface area contributed by atoms with Crippen LogP contribution < -0.4 is 9.64 Å². The van der Waals surface area contributed by atoms with Crippen molar-refractivity contribution >= 4 is 17.2 Å². The van der Waals surface area contributed by atoms with Crippen LogP contribution in [0.2, 0.25) is 0 Å². The lowest BCUT2D eigenvalue weighted by Crippen LogP contribution is -2.46. The molecule has 36 heavy (non-hydrogen) atoms. The van der Waals surface area contributed by atoms with Gasteiger partial charge in [-0.25, -0.2) is 9.18 Å². The van der Waals surface area contributed by atoms with Gasteiger partial charge in [0, 0.05) is 44.0 Å². The molecule has 186 valence electrons. The Balaban J connectivity index is 1.39. The number of halogens is 1. The molecule has 3 aromatic carbocycles. The van der Waals surface area contributed by atoms with E-state index in [9.17, 15) is 9.18 Å². The van der Waals surface area contributed by atoms with E-state index in [-0.39, 0.29) is 17.9 Å². The second kappa shape index (κ2) is 10.5. The van der Waals surface area contributed by atoms with Crippen LogP contribution in [0.25, 0.3) is 5.57 Å². The van der Waals surface area contributed by atoms with Gasteiger partial charge in [0.05, 0.1) is 11.7 Å². The predicted molar refractivity (Wildman–Crippen MR) is 140 cm³/mol. The van der Waals surface area contributed by atoms with Gasteiger partial charge >= 0.3 is 5.97 Å². The van der Waals surface area contributed by atoms with Crippen LogP contribution >= 0.6 is 0 Å². The number of carbonyl (C=O) groups excluding carboxylic acids is 1. The monoisotopic (exact) mass is 486 g/mol. The molecule has 0 radical (unpaired) electrons. The van der Waals surface area contributed by atoms with Crippen molar-refractivity contribution in [3.63, 3.8) is 0 Å². The molecule has 2 heterocycles. The second-order valence-electron chi connectivity index (χ2n) is 9.49. The summed E-state index contributed by atoms with van der Waals surface area (Å²) < 4.78 is 24.9. The van der Waals surface area contributed by atoms with Crippen LogP contribution in [0.15, 0.2) is 72.8 Å². The number of hydrogen-bond donors (Lipinski definition) is 0. The van der Waals surface area contributed by atoms with Crippen molar-refractivity contribution in [2.24, 2.45) is 0 Å². The minimum atomic E-state index is -0.332. The molecular formula is C30H31FN2O3. The average Bonchev–Trinajstić information content (AvgIpc) is 3.04. The standard InChI is InChI=1S/C30H31FN2O3/c1-21(2)36-30(34)22-7-12-29-28(19-22)27(26-6-4-3-5-23(26)20-35-29)13-14-32-15-17-33(18-16-32)25-10-8-24(31)9-11-25/h3-13,19,21H,14-18,20H2,1-2H3/b27-13+. The third kappa shape index (κ3) is 5.29. The van der Waals surface area contributed by atoms with Gasteiger partial charge in [0.15, 0.2) is 0 Å². The predicted octanol–water partition coefficient (Wildman–Crippen LogP) is 5.54. The number of ether oxygens (including phenoxy) is 2. The molecule has 0 atom stereocenters. The second-order valence-corrected chi connectivity index (χ2v) is 9.49. The summed E-state index contributed by atoms with van der Waals surface area (Å²) in [5, 5.41) is 0. The van der Waals surface area contributed by atoms with Gasteiger partial charge in [0.1, 0.15) is 18.2 Å². The maximum atomic E-state index is 13.3. The Kier molecular flexibility index (Phi) is 7.05. The minimum absolute atomic E-state index is 0.183. The van der Waals surface area contributed by atoms with Gasteiger partial charge in [-0.1, -0.05) is 30.3 Å². The van der Waals surface area contributed by atoms with Crippen molar-refractivity contribution in [2.45, 2.75) is 26.6 Å². The summed E-state index contributed by atoms with van der Waals surface area (Å²) in [7, 11) is 0. The molecule has 0 saturated carbocycles. The lowest BCUT2D eigenvalue weighted by molar-refractivity contribution is 0.0378. The fourth-order valence-corrected chi connectivity index (χ4v) is 4.77. The number of piperazine rings is 1. The highest BCUT2D eigenvalue weighted by Gasteiger charge is 2.23. The molecule has 1 fully saturated rings. The lowest BCUT2D eigenvalue weighted by atomic mass is 9.93. The van der Waals surface area contributed by atoms with E-state index >= 15 is 0 Å². The Hall–Kier alpha value is -3.64. The molecule has 0 N–H and O–H groups in total. The zero-order valence-corrected chi connectivity index (χ0v) is 20.7. The van der Waals surface area contributed by atoms with E-state index in [1.807, 2.05) is 50.2 Å². The molecule has 2 aliphatic rings. The molecule has 0 aromatic heterocycles. The summed E-state index contributed by atoms with van der Waals surface area (Å²) in [5.41, 5.74) is 5.78. The van der Waals surface area contributed by atoms with Gasteiger partial charge in [-0.05, 0) is 73.0 Å². The number of fused-ring (bicyclic) bond motifs is 2. The zero-order valence-electron chi connectivity index (χ0n) is 20.7. The highest BCUT2D eigenvalue weighted by Crippen LogP contribution is 2.37. The van der Waals surface area contributed by atoms with E-state index in [1.165, 1.54) is 12.1 Å². The van der Waals surface area contributed by atoms with E-state index < -0.39 is 0 Å². The van der Waals surface area contributed by atoms with Crippen molar-refractivity contribution in [3.8, 4) is 5.75 Å². The summed E-state index contributed by atoms with van der Waals surface area (Å²) in [6.07, 6.45) is 2.06. The highest BCUT2D eigenvalue weighted by atomic mass is 19.1. The Bertz CT molecular complexity index is 1260. The molecule has 0 bridgehead atoms. The molecule has 6 heteroatoms. The summed E-state index contributed by atoms with van der Waals surface area (Å²) in [4.78, 5) is 17.3. The van der Waals surface area contributed by atoms with Crippen molar-refractivity contribution in [1.82, 2.24) is 4.90 Å². The minimum Gasteiger partial charge on any atom is -0.488 e. The van der Waals surface area contributed by atoms with Crippen LogP contribution in [0.1, 0.15) is 40.9 Å². The molecule has 0 aliphatic carbocycles. The van der Waals surface area contributed by atoms with Crippen molar-refractivity contribution in [1.29, 1.82) is 0 Å². The molecule has 5 rings (SSSR count). The first-order chi connectivity index (χ1) is 17.5. The van der Waals surface area contributed by atoms with Crippen LogP contribution in [0.3, 0.4) is 0 Å². The van der Waals surface area contributed by atoms with Crippen molar-refractivity contribution in [3.05, 3.63) is 101 Å². The third-order valence-corrected chi connectivity index (χ3v) is 6.66. The molecule has 0 amide bonds. The molecule has 2 aliphatic heterocycles. The fourth-order valence-electron chi connectivity index (χ4n) is 4.77. The quantitative estimate of drug-likeness (QED) is 0.443. The van der Waals surface area contributed by atoms with E-state index in [0.29, 0.717) is 12.2 Å². The lowest BCUT2D eigenvalue weighted by Gasteiger charge is -2.35. The number of benzene rings is 3. The maximum absolute atomic E-state index is 13.3. The fraction of sp³-hybridized carbons (Fsp3) is 0.300. The van der Waals surface area contributed by atoms with Crippen LogP contribution in [0, 0.1) is 5.82 Å². The smallest absolute Gasteiger partial charge is 0.338 e. The summed E-state index contributed by atoms with van der Waals surface area (Å²) in [6.45, 7) is 8.55. The Labute approximate surface area is 211 Å². The zero-order chi connectivity index (χ0) is 25.1. The summed E-state index contributed by atoms with van der Waals surface area (Å²) in [5.74, 6) is 0.221. The largest absolute Gasteiger partial charge is 0.488 e. The van der Waals surface area contributed by atoms with E-state index in [0.717, 1.165) is 66.4 Å². The van der Waals surface area contributed by atoms with E-state index in [2.05, 4.69) is 28.0 Å². The normalized spacial score (nSPS) is 16.8. The van der Waals surface area contributed by atoms with E-state index in [1.54, 1.807) is 6.07 Å². The van der Waals surface area contributed by atoms with Gasteiger partial charge in [0.25, 0.3) is 0 Å². The number of nitrogens with zero attached hydrogens (tertiary/aromatic N) is 2. The molecule has 0 unspecified atom stereocenters. The van der Waals surface area contributed by atoms with Crippen LogP contribution in [-0.2, 0) is 11.3 Å². The van der Waals surface area contributed by atoms with Gasteiger partial charge in [0.2, 0.25) is 0 Å². The van der Waals surface area contributed by atoms with Crippen molar-refractivity contribution < 1.29 is 18.7 Å². The number of hydrogen-bond acceptors (Lipinski definition) is 5. The summed E-state index contributed by atoms with van der Waals surface area (Å²) in [6, 6.07) is 20.5.